The van der Waals surface area contributed by atoms with Crippen LogP contribution < -0.4 is 16.4 Å². The first-order chi connectivity index (χ1) is 14.0. The van der Waals surface area contributed by atoms with E-state index in [2.05, 4.69) is 15.8 Å². The molecule has 0 aliphatic carbocycles. The Morgan fingerprint density at radius 3 is 2.55 bits per heavy atom. The molecule has 2 amide bonds. The predicted molar refractivity (Wildman–Crippen MR) is 109 cm³/mol. The van der Waals surface area contributed by atoms with Gasteiger partial charge >= 0.3 is 0 Å². The second kappa shape index (κ2) is 7.59. The van der Waals surface area contributed by atoms with E-state index in [0.29, 0.717) is 16.5 Å². The number of hydrogen-bond donors (Lipinski definition) is 2. The summed E-state index contributed by atoms with van der Waals surface area (Å²) >= 11 is 0. The number of aromatic nitrogens is 3. The van der Waals surface area contributed by atoms with Crippen LogP contribution in [0.4, 0.5) is 0 Å². The van der Waals surface area contributed by atoms with Gasteiger partial charge in [-0.3, -0.25) is 29.8 Å². The van der Waals surface area contributed by atoms with Crippen LogP contribution in [-0.4, -0.2) is 25.9 Å². The number of carbonyl (C=O) groups is 2. The molecule has 29 heavy (non-hydrogen) atoms. The molecule has 0 saturated carbocycles. The highest BCUT2D eigenvalue weighted by molar-refractivity contribution is 6.07. The number of benzene rings is 2. The molecule has 4 rings (SSSR count). The summed E-state index contributed by atoms with van der Waals surface area (Å²) in [6, 6.07) is 14.6. The number of fused-ring (bicyclic) bond motifs is 2. The van der Waals surface area contributed by atoms with Crippen molar-refractivity contribution < 1.29 is 9.59 Å². The summed E-state index contributed by atoms with van der Waals surface area (Å²) in [6.45, 7) is 0.159. The van der Waals surface area contributed by atoms with Crippen molar-refractivity contribution in [2.45, 2.75) is 13.0 Å². The van der Waals surface area contributed by atoms with Gasteiger partial charge in [-0.1, -0.05) is 30.3 Å². The molecule has 8 nitrogen and oxygen atoms in total. The molecule has 0 aliphatic rings. The molecule has 2 N–H and O–H groups in total. The van der Waals surface area contributed by atoms with Crippen molar-refractivity contribution in [3.63, 3.8) is 0 Å². The highest BCUT2D eigenvalue weighted by atomic mass is 16.2. The molecule has 2 heterocycles. The maximum Gasteiger partial charge on any atom is 0.271 e. The predicted octanol–water partition coefficient (Wildman–Crippen LogP) is 1.74. The number of para-hydroxylation sites is 2. The smallest absolute Gasteiger partial charge is 0.271 e. The number of rotatable bonds is 4. The SMILES string of the molecule is Cn1cc(C(=O)NNC(=O)CCn2cnc3ccccc3c2=O)c2ccccc21. The van der Waals surface area contributed by atoms with Gasteiger partial charge in [-0.25, -0.2) is 4.98 Å². The lowest BCUT2D eigenvalue weighted by Gasteiger charge is -2.08. The van der Waals surface area contributed by atoms with Gasteiger partial charge in [0.2, 0.25) is 5.91 Å². The average molecular weight is 389 g/mol. The van der Waals surface area contributed by atoms with E-state index in [1.165, 1.54) is 10.9 Å². The van der Waals surface area contributed by atoms with Gasteiger partial charge in [-0.05, 0) is 18.2 Å². The normalized spacial score (nSPS) is 10.9. The molecule has 8 heteroatoms. The van der Waals surface area contributed by atoms with Crippen LogP contribution >= 0.6 is 0 Å². The third-order valence-electron chi connectivity index (χ3n) is 4.77. The number of aryl methyl sites for hydroxylation is 2. The zero-order chi connectivity index (χ0) is 20.4. The molecule has 0 saturated heterocycles. The zero-order valence-corrected chi connectivity index (χ0v) is 15.8. The highest BCUT2D eigenvalue weighted by Gasteiger charge is 2.14. The largest absolute Gasteiger partial charge is 0.350 e. The van der Waals surface area contributed by atoms with Crippen LogP contribution in [0.3, 0.4) is 0 Å². The van der Waals surface area contributed by atoms with E-state index in [1.54, 1.807) is 24.4 Å². The van der Waals surface area contributed by atoms with Gasteiger partial charge in [0.15, 0.2) is 0 Å². The van der Waals surface area contributed by atoms with Gasteiger partial charge in [0.05, 0.1) is 22.8 Å². The fraction of sp³-hybridized carbons (Fsp3) is 0.143. The van der Waals surface area contributed by atoms with Gasteiger partial charge < -0.3 is 4.57 Å². The molecular weight excluding hydrogens is 370 g/mol. The molecule has 0 radical (unpaired) electrons. The minimum atomic E-state index is -0.404. The van der Waals surface area contributed by atoms with Crippen molar-refractivity contribution in [3.05, 3.63) is 77.0 Å². The molecule has 4 aromatic rings. The molecule has 0 atom stereocenters. The number of hydrogen-bond acceptors (Lipinski definition) is 4. The van der Waals surface area contributed by atoms with Crippen LogP contribution in [0.25, 0.3) is 21.8 Å². The first-order valence-electron chi connectivity index (χ1n) is 9.12. The molecule has 2 aromatic heterocycles. The van der Waals surface area contributed by atoms with Gasteiger partial charge in [0, 0.05) is 37.1 Å². The summed E-state index contributed by atoms with van der Waals surface area (Å²) in [5, 5.41) is 1.30. The maximum atomic E-state index is 12.4. The number of hydrazine groups is 1. The van der Waals surface area contributed by atoms with Crippen molar-refractivity contribution in [1.29, 1.82) is 0 Å². The Morgan fingerprint density at radius 1 is 1.00 bits per heavy atom. The first kappa shape index (κ1) is 18.4. The third kappa shape index (κ3) is 3.60. The van der Waals surface area contributed by atoms with Gasteiger partial charge in [-0.2, -0.15) is 0 Å². The monoisotopic (exact) mass is 389 g/mol. The lowest BCUT2D eigenvalue weighted by molar-refractivity contribution is -0.122. The fourth-order valence-corrected chi connectivity index (χ4v) is 3.27. The van der Waals surface area contributed by atoms with E-state index in [-0.39, 0.29) is 18.5 Å². The van der Waals surface area contributed by atoms with Gasteiger partial charge in [-0.15, -0.1) is 0 Å². The van der Waals surface area contributed by atoms with Crippen molar-refractivity contribution in [2.24, 2.45) is 7.05 Å². The van der Waals surface area contributed by atoms with E-state index in [1.807, 2.05) is 41.9 Å². The Morgan fingerprint density at radius 2 is 1.72 bits per heavy atom. The third-order valence-corrected chi connectivity index (χ3v) is 4.77. The number of amides is 2. The van der Waals surface area contributed by atoms with E-state index in [0.717, 1.165) is 10.9 Å². The Balaban J connectivity index is 1.38. The van der Waals surface area contributed by atoms with Crippen LogP contribution in [0.5, 0.6) is 0 Å². The Hall–Kier alpha value is -3.94. The van der Waals surface area contributed by atoms with Gasteiger partial charge in [0.1, 0.15) is 0 Å². The number of nitrogens with zero attached hydrogens (tertiary/aromatic N) is 3. The lowest BCUT2D eigenvalue weighted by atomic mass is 10.2. The second-order valence-electron chi connectivity index (χ2n) is 6.68. The van der Waals surface area contributed by atoms with Crippen molar-refractivity contribution in [1.82, 2.24) is 25.0 Å². The van der Waals surface area contributed by atoms with Gasteiger partial charge in [0.25, 0.3) is 11.5 Å². The second-order valence-corrected chi connectivity index (χ2v) is 6.68. The van der Waals surface area contributed by atoms with E-state index >= 15 is 0 Å². The van der Waals surface area contributed by atoms with Crippen molar-refractivity contribution in [3.8, 4) is 0 Å². The van der Waals surface area contributed by atoms with E-state index < -0.39 is 11.8 Å². The standard InChI is InChI=1S/C21H19N5O3/c1-25-12-16(14-6-3-5-9-18(14)25)20(28)24-23-19(27)10-11-26-13-22-17-8-4-2-7-15(17)21(26)29/h2-9,12-13H,10-11H2,1H3,(H,23,27)(H,24,28). The number of nitrogens with one attached hydrogen (secondary N) is 2. The topological polar surface area (TPSA) is 98.0 Å². The molecular formula is C21H19N5O3. The summed E-state index contributed by atoms with van der Waals surface area (Å²) in [6.07, 6.45) is 3.16. The first-order valence-corrected chi connectivity index (χ1v) is 9.12. The number of carbonyl (C=O) groups excluding carboxylic acids is 2. The molecule has 0 unspecified atom stereocenters. The molecule has 0 spiro atoms. The van der Waals surface area contributed by atoms with Crippen LogP contribution in [0.1, 0.15) is 16.8 Å². The van der Waals surface area contributed by atoms with Crippen molar-refractivity contribution >= 4 is 33.6 Å². The van der Waals surface area contributed by atoms with Crippen LogP contribution in [0.2, 0.25) is 0 Å². The summed E-state index contributed by atoms with van der Waals surface area (Å²) in [7, 11) is 1.85. The summed E-state index contributed by atoms with van der Waals surface area (Å²) in [5.41, 5.74) is 6.63. The van der Waals surface area contributed by atoms with Crippen LogP contribution in [0.15, 0.2) is 65.8 Å². The minimum Gasteiger partial charge on any atom is -0.350 e. The Labute approximate surface area is 165 Å². The molecule has 0 aliphatic heterocycles. The van der Waals surface area contributed by atoms with Crippen molar-refractivity contribution in [2.75, 3.05) is 0 Å². The zero-order valence-electron chi connectivity index (χ0n) is 15.8. The molecule has 2 aromatic carbocycles. The Bertz CT molecular complexity index is 1290. The molecule has 146 valence electrons. The minimum absolute atomic E-state index is 0.0236. The fourth-order valence-electron chi connectivity index (χ4n) is 3.27. The molecule has 0 bridgehead atoms. The average Bonchev–Trinajstić information content (AvgIpc) is 3.09. The van der Waals surface area contributed by atoms with E-state index in [9.17, 15) is 14.4 Å². The highest BCUT2D eigenvalue weighted by Crippen LogP contribution is 2.19. The lowest BCUT2D eigenvalue weighted by Crippen LogP contribution is -2.42. The molecule has 0 fully saturated rings. The Kier molecular flexibility index (Phi) is 4.82. The maximum absolute atomic E-state index is 12.4. The summed E-state index contributed by atoms with van der Waals surface area (Å²) in [5.74, 6) is -0.807. The van der Waals surface area contributed by atoms with E-state index in [4.69, 9.17) is 0 Å². The summed E-state index contributed by atoms with van der Waals surface area (Å²) < 4.78 is 3.24. The quantitative estimate of drug-likeness (QED) is 0.520. The summed E-state index contributed by atoms with van der Waals surface area (Å²) in [4.78, 5) is 41.2. The van der Waals surface area contributed by atoms with Crippen LogP contribution in [0, 0.1) is 0 Å². The van der Waals surface area contributed by atoms with Crippen LogP contribution in [-0.2, 0) is 18.4 Å².